The molecular weight excluding hydrogens is 368 g/mol. The molecule has 0 aliphatic rings. The van der Waals surface area contributed by atoms with Crippen LogP contribution in [0.15, 0.2) is 50.6 Å². The first-order chi connectivity index (χ1) is 10.7. The Hall–Kier alpha value is -1.93. The fourth-order valence-electron chi connectivity index (χ4n) is 1.95. The number of aromatic nitrogens is 3. The molecule has 3 aromatic rings. The van der Waals surface area contributed by atoms with Crippen molar-refractivity contribution in [2.24, 2.45) is 0 Å². The lowest BCUT2D eigenvalue weighted by Gasteiger charge is -2.08. The van der Waals surface area contributed by atoms with Crippen molar-refractivity contribution in [3.63, 3.8) is 0 Å². The lowest BCUT2D eigenvalue weighted by Crippen LogP contribution is -2.11. The summed E-state index contributed by atoms with van der Waals surface area (Å²) in [5.41, 5.74) is 1.05. The third-order valence-corrected chi connectivity index (χ3v) is 4.49. The number of thioether (sulfide) groups is 1. The molecule has 0 spiro atoms. The van der Waals surface area contributed by atoms with Crippen molar-refractivity contribution >= 4 is 27.7 Å². The van der Waals surface area contributed by atoms with E-state index in [1.54, 1.807) is 25.5 Å². The first kappa shape index (κ1) is 15.0. The predicted octanol–water partition coefficient (Wildman–Crippen LogP) is 3.32. The highest BCUT2D eigenvalue weighted by atomic mass is 79.9. The third-order valence-electron chi connectivity index (χ3n) is 3.01. The van der Waals surface area contributed by atoms with E-state index >= 15 is 0 Å². The summed E-state index contributed by atoms with van der Waals surface area (Å²) in [7, 11) is 1.65. The molecule has 114 valence electrons. The fourth-order valence-corrected chi connectivity index (χ4v) is 3.19. The maximum atomic E-state index is 6.03. The van der Waals surface area contributed by atoms with Crippen LogP contribution in [-0.2, 0) is 5.75 Å². The molecule has 0 amide bonds. The van der Waals surface area contributed by atoms with Crippen molar-refractivity contribution in [3.8, 4) is 17.3 Å². The van der Waals surface area contributed by atoms with Crippen LogP contribution < -0.4 is 10.6 Å². The molecule has 0 aliphatic heterocycles. The molecule has 2 aromatic heterocycles. The zero-order valence-corrected chi connectivity index (χ0v) is 14.1. The van der Waals surface area contributed by atoms with Gasteiger partial charge < -0.3 is 15.0 Å². The highest BCUT2D eigenvalue weighted by molar-refractivity contribution is 9.10. The van der Waals surface area contributed by atoms with E-state index in [2.05, 4.69) is 26.1 Å². The molecule has 0 unspecified atom stereocenters. The molecule has 0 bridgehead atoms. The first-order valence-corrected chi connectivity index (χ1v) is 8.16. The molecule has 0 saturated carbocycles. The van der Waals surface area contributed by atoms with Crippen molar-refractivity contribution in [2.45, 2.75) is 10.9 Å². The maximum Gasteiger partial charge on any atom is 0.218 e. The van der Waals surface area contributed by atoms with Crippen LogP contribution in [-0.4, -0.2) is 22.0 Å². The third kappa shape index (κ3) is 2.97. The lowest BCUT2D eigenvalue weighted by atomic mass is 10.2. The summed E-state index contributed by atoms with van der Waals surface area (Å²) in [6.07, 6.45) is 1.57. The van der Waals surface area contributed by atoms with Crippen molar-refractivity contribution in [3.05, 3.63) is 46.6 Å². The Morgan fingerprint density at radius 3 is 2.95 bits per heavy atom. The number of nitrogens with two attached hydrogens (primary N) is 1. The summed E-state index contributed by atoms with van der Waals surface area (Å²) in [4.78, 5) is 0. The predicted molar refractivity (Wildman–Crippen MR) is 88.1 cm³/mol. The standard InChI is InChI=1S/C14H13BrN4O2S/c1-20-11-5-4-10(15)7-9(11)8-22-14-18-17-13(19(14)16)12-3-2-6-21-12/h2-7H,8,16H2,1H3. The SMILES string of the molecule is COc1ccc(Br)cc1CSc1nnc(-c2ccco2)n1N. The van der Waals surface area contributed by atoms with Gasteiger partial charge in [0.1, 0.15) is 5.75 Å². The second kappa shape index (κ2) is 6.45. The van der Waals surface area contributed by atoms with Gasteiger partial charge in [0.25, 0.3) is 0 Å². The van der Waals surface area contributed by atoms with Gasteiger partial charge in [-0.25, -0.2) is 4.68 Å². The zero-order chi connectivity index (χ0) is 15.5. The van der Waals surface area contributed by atoms with Gasteiger partial charge in [-0.05, 0) is 30.3 Å². The Balaban J connectivity index is 1.79. The van der Waals surface area contributed by atoms with Crippen molar-refractivity contribution in [1.82, 2.24) is 14.9 Å². The van der Waals surface area contributed by atoms with Gasteiger partial charge in [-0.3, -0.25) is 0 Å². The second-order valence-corrected chi connectivity index (χ2v) is 6.26. The molecule has 0 aliphatic carbocycles. The van der Waals surface area contributed by atoms with Gasteiger partial charge in [0.15, 0.2) is 5.76 Å². The maximum absolute atomic E-state index is 6.03. The molecule has 6 nitrogen and oxygen atoms in total. The van der Waals surface area contributed by atoms with Gasteiger partial charge in [0.2, 0.25) is 11.0 Å². The molecule has 0 fully saturated rings. The average Bonchev–Trinajstić information content (AvgIpc) is 3.15. The lowest BCUT2D eigenvalue weighted by molar-refractivity contribution is 0.411. The minimum absolute atomic E-state index is 0.494. The summed E-state index contributed by atoms with van der Waals surface area (Å²) in [5, 5.41) is 8.77. The topological polar surface area (TPSA) is 79.1 Å². The van der Waals surface area contributed by atoms with Gasteiger partial charge >= 0.3 is 0 Å². The molecule has 2 heterocycles. The number of nitrogens with zero attached hydrogens (tertiary/aromatic N) is 3. The summed E-state index contributed by atoms with van der Waals surface area (Å²) in [6.45, 7) is 0. The van der Waals surface area contributed by atoms with Gasteiger partial charge in [-0.1, -0.05) is 27.7 Å². The van der Waals surface area contributed by atoms with E-state index in [1.807, 2.05) is 18.2 Å². The Morgan fingerprint density at radius 2 is 2.23 bits per heavy atom. The summed E-state index contributed by atoms with van der Waals surface area (Å²) in [5.74, 6) is 8.60. The number of benzene rings is 1. The fraction of sp³-hybridized carbons (Fsp3) is 0.143. The molecule has 0 radical (unpaired) electrons. The zero-order valence-electron chi connectivity index (χ0n) is 11.7. The van der Waals surface area contributed by atoms with Crippen LogP contribution in [0.25, 0.3) is 11.6 Å². The summed E-state index contributed by atoms with van der Waals surface area (Å²) < 4.78 is 13.1. The number of methoxy groups -OCH3 is 1. The Bertz CT molecular complexity index is 773. The minimum atomic E-state index is 0.494. The number of ether oxygens (including phenoxy) is 1. The van der Waals surface area contributed by atoms with Crippen LogP contribution in [0.1, 0.15) is 5.56 Å². The van der Waals surface area contributed by atoms with Gasteiger partial charge in [0, 0.05) is 15.8 Å². The molecule has 3 rings (SSSR count). The minimum Gasteiger partial charge on any atom is -0.496 e. The number of hydrogen-bond donors (Lipinski definition) is 1. The van der Waals surface area contributed by atoms with Crippen molar-refractivity contribution in [1.29, 1.82) is 0 Å². The molecule has 0 atom stereocenters. The molecule has 0 saturated heterocycles. The van der Waals surface area contributed by atoms with Crippen molar-refractivity contribution < 1.29 is 9.15 Å². The monoisotopic (exact) mass is 380 g/mol. The largest absolute Gasteiger partial charge is 0.496 e. The number of furan rings is 1. The van der Waals surface area contributed by atoms with Gasteiger partial charge in [-0.2, -0.15) is 0 Å². The summed E-state index contributed by atoms with van der Waals surface area (Å²) in [6, 6.07) is 9.44. The molecule has 8 heteroatoms. The Morgan fingerprint density at radius 1 is 1.36 bits per heavy atom. The highest BCUT2D eigenvalue weighted by Gasteiger charge is 2.15. The molecule has 2 N–H and O–H groups in total. The molecule has 1 aromatic carbocycles. The van der Waals surface area contributed by atoms with E-state index in [-0.39, 0.29) is 0 Å². The van der Waals surface area contributed by atoms with Crippen LogP contribution >= 0.6 is 27.7 Å². The van der Waals surface area contributed by atoms with Crippen LogP contribution in [0.2, 0.25) is 0 Å². The number of rotatable bonds is 5. The van der Waals surface area contributed by atoms with Crippen LogP contribution in [0.5, 0.6) is 5.75 Å². The number of halogens is 1. The van der Waals surface area contributed by atoms with Crippen LogP contribution in [0.4, 0.5) is 0 Å². The normalized spacial score (nSPS) is 10.8. The molecular formula is C14H13BrN4O2S. The van der Waals surface area contributed by atoms with Crippen LogP contribution in [0, 0.1) is 0 Å². The van der Waals surface area contributed by atoms with E-state index in [0.717, 1.165) is 15.8 Å². The molecule has 22 heavy (non-hydrogen) atoms. The Kier molecular flexibility index (Phi) is 4.39. The Labute approximate surface area is 139 Å². The highest BCUT2D eigenvalue weighted by Crippen LogP contribution is 2.30. The van der Waals surface area contributed by atoms with Crippen molar-refractivity contribution in [2.75, 3.05) is 13.0 Å². The second-order valence-electron chi connectivity index (χ2n) is 4.40. The van der Waals surface area contributed by atoms with E-state index in [9.17, 15) is 0 Å². The van der Waals surface area contributed by atoms with E-state index in [4.69, 9.17) is 15.0 Å². The number of hydrogen-bond acceptors (Lipinski definition) is 6. The smallest absolute Gasteiger partial charge is 0.218 e. The van der Waals surface area contributed by atoms with Gasteiger partial charge in [0.05, 0.1) is 13.4 Å². The van der Waals surface area contributed by atoms with E-state index in [1.165, 1.54) is 16.4 Å². The number of nitrogen functional groups attached to an aromatic ring is 1. The average molecular weight is 381 g/mol. The quantitative estimate of drug-likeness (QED) is 0.540. The summed E-state index contributed by atoms with van der Waals surface area (Å²) >= 11 is 4.94. The van der Waals surface area contributed by atoms with E-state index in [0.29, 0.717) is 22.5 Å². The van der Waals surface area contributed by atoms with Gasteiger partial charge in [-0.15, -0.1) is 10.2 Å². The van der Waals surface area contributed by atoms with E-state index < -0.39 is 0 Å². The first-order valence-electron chi connectivity index (χ1n) is 6.38. The van der Waals surface area contributed by atoms with Crippen LogP contribution in [0.3, 0.4) is 0 Å².